The van der Waals surface area contributed by atoms with Crippen molar-refractivity contribution in [3.63, 3.8) is 0 Å². The fourth-order valence-corrected chi connectivity index (χ4v) is 0. The molecule has 5 heteroatoms. The van der Waals surface area contributed by atoms with Crippen molar-refractivity contribution < 1.29 is 14.7 Å². The van der Waals surface area contributed by atoms with Crippen molar-refractivity contribution in [2.45, 2.75) is 0 Å². The van der Waals surface area contributed by atoms with Gasteiger partial charge in [0, 0.05) is 45.5 Å². The Labute approximate surface area is 67.9 Å². The molecule has 0 aliphatic rings. The minimum absolute atomic E-state index is 0. The number of hydrogen-bond donors (Lipinski definition) is 3. The van der Waals surface area contributed by atoms with Crippen LogP contribution in [0.15, 0.2) is 0 Å². The van der Waals surface area contributed by atoms with Crippen molar-refractivity contribution in [2.24, 2.45) is 0 Å². The van der Waals surface area contributed by atoms with Crippen molar-refractivity contribution >= 4 is 54.1 Å². The molecule has 0 atom stereocenters. The zero-order valence-electron chi connectivity index (χ0n) is 2.50. The quantitative estimate of drug-likeness (QED) is 0.316. The van der Waals surface area contributed by atoms with Gasteiger partial charge in [0.2, 0.25) is 0 Å². The van der Waals surface area contributed by atoms with Gasteiger partial charge in [0.1, 0.15) is 0 Å². The summed E-state index contributed by atoms with van der Waals surface area (Å²) in [5, 5.41) is 0. The molecule has 0 heterocycles. The maximum atomic E-state index is 7.23. The van der Waals surface area contributed by atoms with E-state index in [1.165, 1.54) is 0 Å². The summed E-state index contributed by atoms with van der Waals surface area (Å²) >= 11 is 0. The maximum Gasteiger partial charge on any atom is 0.324 e. The van der Waals surface area contributed by atoms with E-state index in [2.05, 4.69) is 0 Å². The molecular weight excluding hydrogens is 167 g/mol. The van der Waals surface area contributed by atoms with Crippen LogP contribution >= 0.6 is 8.60 Å². The van der Waals surface area contributed by atoms with E-state index in [0.29, 0.717) is 0 Å². The second-order valence-corrected chi connectivity index (χ2v) is 0.805. The molecule has 28 valence electrons. The molecule has 0 aromatic carbocycles. The zero-order chi connectivity index (χ0) is 3.58. The molecule has 0 saturated carbocycles. The van der Waals surface area contributed by atoms with Crippen LogP contribution in [0.3, 0.4) is 0 Å². The topological polar surface area (TPSA) is 60.7 Å². The van der Waals surface area contributed by atoms with E-state index < -0.39 is 8.60 Å². The van der Waals surface area contributed by atoms with E-state index >= 15 is 0 Å². The molecule has 0 aliphatic carbocycles. The van der Waals surface area contributed by atoms with Crippen molar-refractivity contribution in [1.29, 1.82) is 0 Å². The van der Waals surface area contributed by atoms with Crippen LogP contribution < -0.4 is 0 Å². The maximum absolute atomic E-state index is 7.23. The van der Waals surface area contributed by atoms with Gasteiger partial charge in [-0.15, -0.1) is 0 Å². The molecule has 0 amide bonds. The van der Waals surface area contributed by atoms with Crippen molar-refractivity contribution in [1.82, 2.24) is 0 Å². The monoisotopic (exact) mass is 170 g/mol. The Kier molecular flexibility index (Phi) is 11.5. The second kappa shape index (κ2) is 5.79. The Morgan fingerprint density at radius 1 is 1.00 bits per heavy atom. The van der Waals surface area contributed by atoms with Gasteiger partial charge in [0.25, 0.3) is 0 Å². The van der Waals surface area contributed by atoms with Gasteiger partial charge in [-0.25, -0.2) is 0 Å². The first-order valence-electron chi connectivity index (χ1n) is 0.600. The van der Waals surface area contributed by atoms with E-state index in [1.807, 2.05) is 0 Å². The number of hydrogen-bond acceptors (Lipinski definition) is 3. The molecule has 5 heavy (non-hydrogen) atoms. The van der Waals surface area contributed by atoms with Crippen LogP contribution in [0.5, 0.6) is 0 Å². The van der Waals surface area contributed by atoms with Gasteiger partial charge in [0.05, 0.1) is 0 Å². The molecule has 0 saturated heterocycles. The first kappa shape index (κ1) is 9.92. The average Bonchev–Trinajstić information content (AvgIpc) is 0.811. The summed E-state index contributed by atoms with van der Waals surface area (Å²) in [4.78, 5) is 21.7. The third-order valence-electron chi connectivity index (χ3n) is 0. The van der Waals surface area contributed by atoms with Crippen LogP contribution in [0.25, 0.3) is 0 Å². The number of rotatable bonds is 0. The Bertz CT molecular complexity index is 11.6. The molecule has 0 aromatic heterocycles. The predicted octanol–water partition coefficient (Wildman–Crippen LogP) is -1.19. The van der Waals surface area contributed by atoms with Gasteiger partial charge in [-0.05, 0) is 0 Å². The van der Waals surface area contributed by atoms with Crippen LogP contribution in [0, 0.1) is 0 Å². The minimum atomic E-state index is -2.62. The Hall–Kier alpha value is 1.79. The molecule has 3 N–H and O–H groups in total. The van der Waals surface area contributed by atoms with Crippen LogP contribution in [-0.4, -0.2) is 60.2 Å². The van der Waals surface area contributed by atoms with Gasteiger partial charge in [0.15, 0.2) is 0 Å². The molecule has 0 spiro atoms. The molecule has 2 radical (unpaired) electrons. The first-order chi connectivity index (χ1) is 1.73. The molecule has 0 unspecified atom stereocenters. The summed E-state index contributed by atoms with van der Waals surface area (Å²) in [6, 6.07) is 0. The van der Waals surface area contributed by atoms with Crippen molar-refractivity contribution in [3.05, 3.63) is 0 Å². The summed E-state index contributed by atoms with van der Waals surface area (Å²) in [7, 11) is -2.62. The molecule has 0 aromatic rings. The van der Waals surface area contributed by atoms with E-state index in [4.69, 9.17) is 14.7 Å². The van der Waals surface area contributed by atoms with Gasteiger partial charge in [-0.1, -0.05) is 0 Å². The summed E-state index contributed by atoms with van der Waals surface area (Å²) in [5.41, 5.74) is 0. The summed E-state index contributed by atoms with van der Waals surface area (Å²) in [6.45, 7) is 0. The molecule has 0 fully saturated rings. The Morgan fingerprint density at radius 2 is 1.00 bits per heavy atom. The van der Waals surface area contributed by atoms with Gasteiger partial charge >= 0.3 is 8.60 Å². The fraction of sp³-hybridized carbons (Fsp3) is 0. The van der Waals surface area contributed by atoms with Crippen molar-refractivity contribution in [2.75, 3.05) is 0 Å². The predicted molar refractivity (Wildman–Crippen MR) is 19.3 cm³/mol. The standard InChI is InChI=1S/H3O3P.Sr/c1-4(2)3;/h1-3H;. The Morgan fingerprint density at radius 3 is 1.00 bits per heavy atom. The van der Waals surface area contributed by atoms with Gasteiger partial charge in [-0.2, -0.15) is 0 Å². The van der Waals surface area contributed by atoms with Crippen LogP contribution in [0.2, 0.25) is 0 Å². The first-order valence-corrected chi connectivity index (χ1v) is 1.80. The molecule has 0 bridgehead atoms. The van der Waals surface area contributed by atoms with Crippen molar-refractivity contribution in [3.8, 4) is 0 Å². The molecular formula is H3O3PSr. The SMILES string of the molecule is OP(O)O.[Sr]. The smallest absolute Gasteiger partial charge is 0.324 e. The average molecular weight is 170 g/mol. The van der Waals surface area contributed by atoms with E-state index in [1.54, 1.807) is 0 Å². The van der Waals surface area contributed by atoms with E-state index in [9.17, 15) is 0 Å². The van der Waals surface area contributed by atoms with Crippen LogP contribution in [0.1, 0.15) is 0 Å². The van der Waals surface area contributed by atoms with E-state index in [0.717, 1.165) is 0 Å². The zero-order valence-corrected chi connectivity index (χ0v) is 6.87. The van der Waals surface area contributed by atoms with E-state index in [-0.39, 0.29) is 45.5 Å². The minimum Gasteiger partial charge on any atom is -0.328 e. The normalized spacial score (nSPS) is 7.20. The third-order valence-corrected chi connectivity index (χ3v) is 0. The third kappa shape index (κ3) is 26.0. The second-order valence-electron chi connectivity index (χ2n) is 0.268. The van der Waals surface area contributed by atoms with Gasteiger partial charge in [-0.3, -0.25) is 0 Å². The Balaban J connectivity index is 0. The van der Waals surface area contributed by atoms with Gasteiger partial charge < -0.3 is 14.7 Å². The summed E-state index contributed by atoms with van der Waals surface area (Å²) in [6.07, 6.45) is 0. The molecule has 3 nitrogen and oxygen atoms in total. The molecule has 0 aliphatic heterocycles. The largest absolute Gasteiger partial charge is 0.328 e. The summed E-state index contributed by atoms with van der Waals surface area (Å²) < 4.78 is 0. The van der Waals surface area contributed by atoms with Crippen LogP contribution in [-0.2, 0) is 0 Å². The fourth-order valence-electron chi connectivity index (χ4n) is 0. The summed E-state index contributed by atoms with van der Waals surface area (Å²) in [5.74, 6) is 0. The molecule has 0 rings (SSSR count). The van der Waals surface area contributed by atoms with Crippen LogP contribution in [0.4, 0.5) is 0 Å².